The van der Waals surface area contributed by atoms with Crippen molar-refractivity contribution < 1.29 is 17.7 Å². The van der Waals surface area contributed by atoms with Crippen molar-refractivity contribution in [3.05, 3.63) is 0 Å². The summed E-state index contributed by atoms with van der Waals surface area (Å²) < 4.78 is 40.6. The van der Waals surface area contributed by atoms with Crippen LogP contribution in [0.15, 0.2) is 0 Å². The van der Waals surface area contributed by atoms with Gasteiger partial charge in [-0.05, 0) is 18.8 Å². The van der Waals surface area contributed by atoms with Gasteiger partial charge in [0.2, 0.25) is 0 Å². The molecule has 0 radical (unpaired) electrons. The largest absolute Gasteiger partial charge is 0.478 e. The minimum atomic E-state index is -4.57. The molecule has 0 bridgehead atoms. The molecule has 72 valence electrons. The molecule has 0 aromatic carbocycles. The molecule has 1 saturated heterocycles. The lowest BCUT2D eigenvalue weighted by Gasteiger charge is -2.24. The van der Waals surface area contributed by atoms with Crippen molar-refractivity contribution in [3.63, 3.8) is 0 Å². The molecule has 0 aromatic rings. The summed E-state index contributed by atoms with van der Waals surface area (Å²) in [4.78, 5) is 0. The molecule has 0 aliphatic carbocycles. The summed E-state index contributed by atoms with van der Waals surface area (Å²) in [6.07, 6.45) is 1.32. The zero-order chi connectivity index (χ0) is 9.03. The number of hydrogen-bond donors (Lipinski definition) is 0. The third kappa shape index (κ3) is 4.00. The van der Waals surface area contributed by atoms with Gasteiger partial charge in [0, 0.05) is 13.2 Å². The first-order valence-corrected chi connectivity index (χ1v) is 4.36. The van der Waals surface area contributed by atoms with E-state index in [0.717, 1.165) is 12.8 Å². The first kappa shape index (κ1) is 9.90. The van der Waals surface area contributed by atoms with Crippen LogP contribution in [0, 0.1) is 5.92 Å². The molecule has 1 fully saturated rings. The zero-order valence-electron chi connectivity index (χ0n) is 6.94. The van der Waals surface area contributed by atoms with Crippen LogP contribution in [0.3, 0.4) is 0 Å². The second-order valence-electron chi connectivity index (χ2n) is 3.34. The first-order chi connectivity index (χ1) is 5.58. The van der Waals surface area contributed by atoms with Gasteiger partial charge in [0.05, 0.1) is 0 Å². The second kappa shape index (κ2) is 4.17. The fourth-order valence-corrected chi connectivity index (χ4v) is 1.46. The van der Waals surface area contributed by atoms with Crippen molar-refractivity contribution in [2.45, 2.75) is 25.6 Å². The Hall–Kier alpha value is -0.185. The van der Waals surface area contributed by atoms with Gasteiger partial charge < -0.3 is 17.7 Å². The molecule has 12 heavy (non-hydrogen) atoms. The fraction of sp³-hybridized carbons (Fsp3) is 1.00. The number of rotatable bonds is 3. The van der Waals surface area contributed by atoms with E-state index in [0.29, 0.717) is 19.6 Å². The Labute approximate surface area is 70.3 Å². The fourth-order valence-electron chi connectivity index (χ4n) is 1.46. The van der Waals surface area contributed by atoms with Crippen LogP contribution < -0.4 is 0 Å². The highest BCUT2D eigenvalue weighted by Crippen LogP contribution is 2.26. The lowest BCUT2D eigenvalue weighted by Crippen LogP contribution is -2.20. The highest BCUT2D eigenvalue weighted by molar-refractivity contribution is 6.58. The van der Waals surface area contributed by atoms with Crippen LogP contribution in [-0.2, 0) is 4.74 Å². The molecule has 0 spiro atoms. The van der Waals surface area contributed by atoms with Crippen LogP contribution in [0.5, 0.6) is 0 Å². The smallest absolute Gasteiger partial charge is 0.449 e. The molecule has 0 unspecified atom stereocenters. The monoisotopic (exact) mass is 181 g/mol. The van der Waals surface area contributed by atoms with Crippen molar-refractivity contribution in [2.24, 2.45) is 5.92 Å². The standard InChI is InChI=1S/C7H13BF3O/c9-8(10,11)4-1-7-2-5-12-6-3-7/h7H,1-6H2/q-1. The molecule has 0 aromatic heterocycles. The normalized spacial score (nSPS) is 21.2. The van der Waals surface area contributed by atoms with E-state index in [4.69, 9.17) is 4.74 Å². The van der Waals surface area contributed by atoms with Crippen LogP contribution in [-0.4, -0.2) is 20.2 Å². The maximum Gasteiger partial charge on any atom is 0.478 e. The predicted octanol–water partition coefficient (Wildman–Crippen LogP) is 2.65. The van der Waals surface area contributed by atoms with Crippen molar-refractivity contribution >= 4 is 6.98 Å². The number of hydrogen-bond acceptors (Lipinski definition) is 1. The minimum absolute atomic E-state index is 0.238. The molecule has 0 atom stereocenters. The van der Waals surface area contributed by atoms with Crippen LogP contribution in [0.2, 0.25) is 6.32 Å². The lowest BCUT2D eigenvalue weighted by molar-refractivity contribution is 0.0648. The average Bonchev–Trinajstić information content (AvgIpc) is 2.02. The molecule has 0 amide bonds. The Balaban J connectivity index is 2.13. The summed E-state index contributed by atoms with van der Waals surface area (Å²) in [6, 6.07) is 0. The molecular formula is C7H13BF3O-. The summed E-state index contributed by atoms with van der Waals surface area (Å²) in [7, 11) is 0. The van der Waals surface area contributed by atoms with E-state index in [2.05, 4.69) is 0 Å². The van der Waals surface area contributed by atoms with E-state index in [1.165, 1.54) is 0 Å². The van der Waals surface area contributed by atoms with Gasteiger partial charge in [-0.3, -0.25) is 0 Å². The third-order valence-electron chi connectivity index (χ3n) is 2.24. The summed E-state index contributed by atoms with van der Waals surface area (Å²) >= 11 is 0. The Morgan fingerprint density at radius 2 is 1.75 bits per heavy atom. The SMILES string of the molecule is F[B-](F)(F)CCC1CCOCC1. The quantitative estimate of drug-likeness (QED) is 0.608. The Morgan fingerprint density at radius 1 is 1.17 bits per heavy atom. The highest BCUT2D eigenvalue weighted by atomic mass is 19.4. The van der Waals surface area contributed by atoms with Crippen molar-refractivity contribution in [1.29, 1.82) is 0 Å². The van der Waals surface area contributed by atoms with Gasteiger partial charge in [-0.2, -0.15) is 0 Å². The summed E-state index contributed by atoms with van der Waals surface area (Å²) in [6.45, 7) is -3.30. The van der Waals surface area contributed by atoms with Crippen molar-refractivity contribution in [1.82, 2.24) is 0 Å². The Kier molecular flexibility index (Phi) is 3.44. The van der Waals surface area contributed by atoms with E-state index in [1.807, 2.05) is 0 Å². The predicted molar refractivity (Wildman–Crippen MR) is 42.0 cm³/mol. The van der Waals surface area contributed by atoms with Crippen molar-refractivity contribution in [3.8, 4) is 0 Å². The van der Waals surface area contributed by atoms with Crippen LogP contribution in [0.25, 0.3) is 0 Å². The maximum absolute atomic E-state index is 11.8. The second-order valence-corrected chi connectivity index (χ2v) is 3.34. The molecule has 1 rings (SSSR count). The number of halogens is 3. The molecule has 1 nitrogen and oxygen atoms in total. The minimum Gasteiger partial charge on any atom is -0.449 e. The van der Waals surface area contributed by atoms with Gasteiger partial charge in [-0.25, -0.2) is 0 Å². The lowest BCUT2D eigenvalue weighted by atomic mass is 9.79. The molecule has 1 aliphatic heterocycles. The summed E-state index contributed by atoms with van der Waals surface area (Å²) in [5.41, 5.74) is 0. The average molecular weight is 181 g/mol. The van der Waals surface area contributed by atoms with E-state index in [-0.39, 0.29) is 5.92 Å². The Bertz CT molecular complexity index is 131. The highest BCUT2D eigenvalue weighted by Gasteiger charge is 2.24. The van der Waals surface area contributed by atoms with Crippen LogP contribution in [0.4, 0.5) is 12.9 Å². The van der Waals surface area contributed by atoms with Crippen LogP contribution in [0.1, 0.15) is 19.3 Å². The van der Waals surface area contributed by atoms with Crippen molar-refractivity contribution in [2.75, 3.05) is 13.2 Å². The van der Waals surface area contributed by atoms with E-state index in [1.54, 1.807) is 0 Å². The van der Waals surface area contributed by atoms with E-state index < -0.39 is 13.3 Å². The van der Waals surface area contributed by atoms with Gasteiger partial charge in [-0.1, -0.05) is 12.7 Å². The first-order valence-electron chi connectivity index (χ1n) is 4.36. The third-order valence-corrected chi connectivity index (χ3v) is 2.24. The van der Waals surface area contributed by atoms with E-state index >= 15 is 0 Å². The topological polar surface area (TPSA) is 9.23 Å². The van der Waals surface area contributed by atoms with Gasteiger partial charge in [0.15, 0.2) is 0 Å². The molecule has 1 heterocycles. The number of ether oxygens (including phenoxy) is 1. The maximum atomic E-state index is 11.8. The van der Waals surface area contributed by atoms with Crippen LogP contribution >= 0.6 is 0 Å². The Morgan fingerprint density at radius 3 is 2.25 bits per heavy atom. The molecule has 0 N–H and O–H groups in total. The molecular weight excluding hydrogens is 168 g/mol. The summed E-state index contributed by atoms with van der Waals surface area (Å²) in [5, 5.41) is 0. The van der Waals surface area contributed by atoms with Gasteiger partial charge in [-0.15, -0.1) is 0 Å². The molecule has 0 saturated carbocycles. The van der Waals surface area contributed by atoms with Gasteiger partial charge >= 0.3 is 6.98 Å². The molecule has 5 heteroatoms. The zero-order valence-corrected chi connectivity index (χ0v) is 6.94. The van der Waals surface area contributed by atoms with E-state index in [9.17, 15) is 12.9 Å². The summed E-state index contributed by atoms with van der Waals surface area (Å²) in [5.74, 6) is 0.238. The van der Waals surface area contributed by atoms with Gasteiger partial charge in [0.25, 0.3) is 0 Å². The van der Waals surface area contributed by atoms with Gasteiger partial charge in [0.1, 0.15) is 0 Å². The molecule has 1 aliphatic rings.